The number of nitrogens with one attached hydrogen (secondary N) is 1. The Kier molecular flexibility index (Phi) is 5.95. The van der Waals surface area contributed by atoms with E-state index in [1.54, 1.807) is 19.1 Å². The standard InChI is InChI=1S/C18H19FN2O4S/c1-11-16(26-17(21-11)12-4-6-13(19)7-5-12)18(23)25-10-15(22)20-9-14-3-2-8-24-14/h4-7,14H,2-3,8-10H2,1H3,(H,20,22)/t14-/m0/s1. The number of hydrogen-bond donors (Lipinski definition) is 1. The number of benzene rings is 1. The topological polar surface area (TPSA) is 77.5 Å². The predicted molar refractivity (Wildman–Crippen MR) is 94.5 cm³/mol. The molecule has 1 atom stereocenters. The normalized spacial score (nSPS) is 16.5. The van der Waals surface area contributed by atoms with E-state index in [1.807, 2.05) is 0 Å². The molecule has 1 aliphatic rings. The summed E-state index contributed by atoms with van der Waals surface area (Å²) in [5.74, 6) is -1.30. The molecule has 1 aromatic heterocycles. The van der Waals surface area contributed by atoms with Crippen molar-refractivity contribution in [3.05, 3.63) is 40.7 Å². The molecule has 1 aromatic carbocycles. The zero-order valence-electron chi connectivity index (χ0n) is 14.3. The van der Waals surface area contributed by atoms with Gasteiger partial charge in [-0.1, -0.05) is 0 Å². The number of halogens is 1. The lowest BCUT2D eigenvalue weighted by atomic mass is 10.2. The average Bonchev–Trinajstić information content (AvgIpc) is 3.28. The first kappa shape index (κ1) is 18.5. The molecule has 138 valence electrons. The first-order valence-corrected chi connectivity index (χ1v) is 9.13. The van der Waals surface area contributed by atoms with Gasteiger partial charge in [-0.15, -0.1) is 11.3 Å². The number of rotatable bonds is 6. The van der Waals surface area contributed by atoms with Gasteiger partial charge in [0.1, 0.15) is 15.7 Å². The molecule has 26 heavy (non-hydrogen) atoms. The molecule has 0 bridgehead atoms. The number of ether oxygens (including phenoxy) is 2. The van der Waals surface area contributed by atoms with Gasteiger partial charge in [0.05, 0.1) is 11.8 Å². The highest BCUT2D eigenvalue weighted by Crippen LogP contribution is 2.28. The van der Waals surface area contributed by atoms with Crippen molar-refractivity contribution >= 4 is 23.2 Å². The summed E-state index contributed by atoms with van der Waals surface area (Å²) in [6.45, 7) is 2.48. The number of nitrogens with zero attached hydrogens (tertiary/aromatic N) is 1. The van der Waals surface area contributed by atoms with E-state index in [2.05, 4.69) is 10.3 Å². The van der Waals surface area contributed by atoms with Gasteiger partial charge in [-0.05, 0) is 44.0 Å². The minimum absolute atomic E-state index is 0.0386. The number of hydrogen-bond acceptors (Lipinski definition) is 6. The van der Waals surface area contributed by atoms with Gasteiger partial charge >= 0.3 is 5.97 Å². The minimum Gasteiger partial charge on any atom is -0.451 e. The molecule has 3 rings (SSSR count). The van der Waals surface area contributed by atoms with Crippen molar-refractivity contribution in [1.82, 2.24) is 10.3 Å². The molecule has 2 heterocycles. The van der Waals surface area contributed by atoms with E-state index in [0.717, 1.165) is 30.8 Å². The summed E-state index contributed by atoms with van der Waals surface area (Å²) in [5.41, 5.74) is 1.23. The first-order valence-electron chi connectivity index (χ1n) is 8.31. The van der Waals surface area contributed by atoms with Crippen LogP contribution in [0.15, 0.2) is 24.3 Å². The molecule has 6 nitrogen and oxygen atoms in total. The van der Waals surface area contributed by atoms with Crippen LogP contribution in [0.2, 0.25) is 0 Å². The molecule has 0 radical (unpaired) electrons. The van der Waals surface area contributed by atoms with E-state index in [9.17, 15) is 14.0 Å². The number of amides is 1. The molecule has 0 spiro atoms. The lowest BCUT2D eigenvalue weighted by Gasteiger charge is -2.10. The van der Waals surface area contributed by atoms with Crippen molar-refractivity contribution in [3.8, 4) is 10.6 Å². The zero-order chi connectivity index (χ0) is 18.5. The Morgan fingerprint density at radius 2 is 2.15 bits per heavy atom. The van der Waals surface area contributed by atoms with Gasteiger partial charge in [-0.2, -0.15) is 0 Å². The summed E-state index contributed by atoms with van der Waals surface area (Å²) in [4.78, 5) is 28.7. The summed E-state index contributed by atoms with van der Waals surface area (Å²) < 4.78 is 23.5. The lowest BCUT2D eigenvalue weighted by Crippen LogP contribution is -2.34. The second kappa shape index (κ2) is 8.37. The molecule has 2 aromatic rings. The lowest BCUT2D eigenvalue weighted by molar-refractivity contribution is -0.124. The molecular formula is C18H19FN2O4S. The van der Waals surface area contributed by atoms with Crippen molar-refractivity contribution in [1.29, 1.82) is 0 Å². The maximum atomic E-state index is 13.0. The Morgan fingerprint density at radius 1 is 1.38 bits per heavy atom. The molecule has 1 aliphatic heterocycles. The van der Waals surface area contributed by atoms with Crippen molar-refractivity contribution in [2.45, 2.75) is 25.9 Å². The molecular weight excluding hydrogens is 359 g/mol. The van der Waals surface area contributed by atoms with Crippen LogP contribution in [0.5, 0.6) is 0 Å². The molecule has 8 heteroatoms. The number of carbonyl (C=O) groups is 2. The Morgan fingerprint density at radius 3 is 2.85 bits per heavy atom. The molecule has 0 saturated carbocycles. The molecule has 1 saturated heterocycles. The van der Waals surface area contributed by atoms with Crippen molar-refractivity contribution in [2.24, 2.45) is 0 Å². The van der Waals surface area contributed by atoms with Crippen LogP contribution in [0.3, 0.4) is 0 Å². The average molecular weight is 378 g/mol. The summed E-state index contributed by atoms with van der Waals surface area (Å²) in [6.07, 6.45) is 1.96. The van der Waals surface area contributed by atoms with Gasteiger partial charge in [-0.25, -0.2) is 14.2 Å². The fraction of sp³-hybridized carbons (Fsp3) is 0.389. The van der Waals surface area contributed by atoms with Crippen LogP contribution in [0.4, 0.5) is 4.39 Å². The monoisotopic (exact) mass is 378 g/mol. The van der Waals surface area contributed by atoms with Gasteiger partial charge in [0.15, 0.2) is 6.61 Å². The zero-order valence-corrected chi connectivity index (χ0v) is 15.1. The Hall–Kier alpha value is -2.32. The maximum Gasteiger partial charge on any atom is 0.350 e. The molecule has 1 fully saturated rings. The van der Waals surface area contributed by atoms with E-state index in [-0.39, 0.29) is 24.4 Å². The van der Waals surface area contributed by atoms with E-state index in [1.165, 1.54) is 12.1 Å². The fourth-order valence-corrected chi connectivity index (χ4v) is 3.55. The summed E-state index contributed by atoms with van der Waals surface area (Å²) in [6, 6.07) is 5.87. The Balaban J connectivity index is 1.54. The highest BCUT2D eigenvalue weighted by molar-refractivity contribution is 7.17. The number of aromatic nitrogens is 1. The second-order valence-corrected chi connectivity index (χ2v) is 6.95. The SMILES string of the molecule is Cc1nc(-c2ccc(F)cc2)sc1C(=O)OCC(=O)NC[C@@H]1CCCO1. The van der Waals surface area contributed by atoms with Gasteiger partial charge in [0, 0.05) is 18.7 Å². The predicted octanol–water partition coefficient (Wildman–Crippen LogP) is 2.71. The van der Waals surface area contributed by atoms with Gasteiger partial charge in [0.2, 0.25) is 0 Å². The maximum absolute atomic E-state index is 13.0. The smallest absolute Gasteiger partial charge is 0.350 e. The van der Waals surface area contributed by atoms with Crippen molar-refractivity contribution in [2.75, 3.05) is 19.8 Å². The van der Waals surface area contributed by atoms with E-state index < -0.39 is 5.97 Å². The van der Waals surface area contributed by atoms with Crippen LogP contribution in [0, 0.1) is 12.7 Å². The summed E-state index contributed by atoms with van der Waals surface area (Å²) in [5, 5.41) is 3.29. The largest absolute Gasteiger partial charge is 0.451 e. The Bertz CT molecular complexity index is 785. The minimum atomic E-state index is -0.597. The molecule has 1 N–H and O–H groups in total. The number of carbonyl (C=O) groups excluding carboxylic acids is 2. The van der Waals surface area contributed by atoms with Crippen LogP contribution >= 0.6 is 11.3 Å². The van der Waals surface area contributed by atoms with Gasteiger partial charge in [0.25, 0.3) is 5.91 Å². The second-order valence-electron chi connectivity index (χ2n) is 5.96. The third kappa shape index (κ3) is 4.64. The molecule has 1 amide bonds. The van der Waals surface area contributed by atoms with E-state index >= 15 is 0 Å². The first-order chi connectivity index (χ1) is 12.5. The van der Waals surface area contributed by atoms with Crippen LogP contribution < -0.4 is 5.32 Å². The van der Waals surface area contributed by atoms with E-state index in [4.69, 9.17) is 9.47 Å². The summed E-state index contributed by atoms with van der Waals surface area (Å²) in [7, 11) is 0. The quantitative estimate of drug-likeness (QED) is 0.782. The third-order valence-corrected chi connectivity index (χ3v) is 5.14. The fourth-order valence-electron chi connectivity index (χ4n) is 2.58. The molecule has 0 aliphatic carbocycles. The third-order valence-electron chi connectivity index (χ3n) is 3.96. The highest BCUT2D eigenvalue weighted by Gasteiger charge is 2.20. The number of esters is 1. The number of aryl methyl sites for hydroxylation is 1. The Labute approximate surface area is 154 Å². The van der Waals surface area contributed by atoms with Crippen molar-refractivity contribution in [3.63, 3.8) is 0 Å². The van der Waals surface area contributed by atoms with Gasteiger partial charge in [-0.3, -0.25) is 4.79 Å². The van der Waals surface area contributed by atoms with Crippen LogP contribution in [-0.4, -0.2) is 42.7 Å². The number of thiazole rings is 1. The van der Waals surface area contributed by atoms with Crippen LogP contribution in [0.1, 0.15) is 28.2 Å². The van der Waals surface area contributed by atoms with Gasteiger partial charge < -0.3 is 14.8 Å². The van der Waals surface area contributed by atoms with Crippen LogP contribution in [-0.2, 0) is 14.3 Å². The molecule has 0 unspecified atom stereocenters. The van der Waals surface area contributed by atoms with Crippen LogP contribution in [0.25, 0.3) is 10.6 Å². The van der Waals surface area contributed by atoms with Crippen molar-refractivity contribution < 1.29 is 23.5 Å². The highest BCUT2D eigenvalue weighted by atomic mass is 32.1. The van der Waals surface area contributed by atoms with E-state index in [0.29, 0.717) is 27.7 Å². The summed E-state index contributed by atoms with van der Waals surface area (Å²) >= 11 is 1.15.